The number of nitriles is 1. The zero-order valence-corrected chi connectivity index (χ0v) is 20.0. The molecule has 3 aromatic rings. The highest BCUT2D eigenvalue weighted by Gasteiger charge is 2.45. The fourth-order valence-corrected chi connectivity index (χ4v) is 5.11. The van der Waals surface area contributed by atoms with Crippen molar-refractivity contribution in [3.05, 3.63) is 71.1 Å². The van der Waals surface area contributed by atoms with Crippen LogP contribution in [0.25, 0.3) is 0 Å². The normalized spacial score (nSPS) is 18.0. The zero-order valence-electron chi connectivity index (χ0n) is 19.2. The topological polar surface area (TPSA) is 130 Å². The first-order chi connectivity index (χ1) is 16.5. The molecule has 1 saturated heterocycles. The molecule has 2 unspecified atom stereocenters. The second-order valence-electron chi connectivity index (χ2n) is 8.43. The number of carbonyl (C=O) groups excluding carboxylic acids is 2. The number of nitrogens with zero attached hydrogens (tertiary/aromatic N) is 5. The lowest BCUT2D eigenvalue weighted by Gasteiger charge is -2.20. The summed E-state index contributed by atoms with van der Waals surface area (Å²) in [4.78, 5) is 27.6. The molecule has 0 aliphatic carbocycles. The Morgan fingerprint density at radius 2 is 2.00 bits per heavy atom. The van der Waals surface area contributed by atoms with E-state index < -0.39 is 39.5 Å². The van der Waals surface area contributed by atoms with Gasteiger partial charge in [0.05, 0.1) is 23.8 Å². The maximum Gasteiger partial charge on any atom is 0.283 e. The van der Waals surface area contributed by atoms with Gasteiger partial charge in [-0.25, -0.2) is 17.1 Å². The fraction of sp³-hybridized carbons (Fsp3) is 0.304. The van der Waals surface area contributed by atoms with E-state index in [9.17, 15) is 27.7 Å². The minimum Gasteiger partial charge on any atom is -0.472 e. The SMILES string of the molecule is CC1C(=O)N(S(C)(=O)=O)CC1c1nn(C(=O)c2ccoc2)c(N(C)Cc2ccc(F)cc2)c1C#N. The number of anilines is 1. The molecule has 1 aliphatic heterocycles. The third-order valence-electron chi connectivity index (χ3n) is 6.01. The van der Waals surface area contributed by atoms with Gasteiger partial charge < -0.3 is 9.32 Å². The van der Waals surface area contributed by atoms with Gasteiger partial charge in [-0.1, -0.05) is 19.1 Å². The number of aromatic nitrogens is 2. The number of hydrogen-bond donors (Lipinski definition) is 0. The highest BCUT2D eigenvalue weighted by atomic mass is 32.2. The fourth-order valence-electron chi connectivity index (χ4n) is 4.18. The summed E-state index contributed by atoms with van der Waals surface area (Å²) < 4.78 is 44.4. The van der Waals surface area contributed by atoms with Crippen molar-refractivity contribution in [3.8, 4) is 6.07 Å². The third kappa shape index (κ3) is 4.42. The van der Waals surface area contributed by atoms with E-state index in [1.165, 1.54) is 30.7 Å². The van der Waals surface area contributed by atoms with Gasteiger partial charge in [-0.3, -0.25) is 9.59 Å². The average Bonchev–Trinajstić information content (AvgIpc) is 3.53. The smallest absolute Gasteiger partial charge is 0.283 e. The second kappa shape index (κ2) is 8.99. The Balaban J connectivity index is 1.83. The van der Waals surface area contributed by atoms with Crippen molar-refractivity contribution in [1.29, 1.82) is 5.26 Å². The summed E-state index contributed by atoms with van der Waals surface area (Å²) in [6, 6.07) is 9.31. The Morgan fingerprint density at radius 3 is 2.54 bits per heavy atom. The van der Waals surface area contributed by atoms with Gasteiger partial charge in [-0.05, 0) is 23.8 Å². The minimum atomic E-state index is -3.81. The molecule has 0 saturated carbocycles. The Labute approximate surface area is 201 Å². The summed E-state index contributed by atoms with van der Waals surface area (Å²) >= 11 is 0. The largest absolute Gasteiger partial charge is 0.472 e. The molecule has 2 aromatic heterocycles. The molecule has 4 rings (SSSR count). The second-order valence-corrected chi connectivity index (χ2v) is 10.3. The van der Waals surface area contributed by atoms with E-state index in [0.717, 1.165) is 20.8 Å². The molecule has 1 aromatic carbocycles. The van der Waals surface area contributed by atoms with E-state index >= 15 is 0 Å². The predicted octanol–water partition coefficient (Wildman–Crippen LogP) is 2.33. The third-order valence-corrected chi connectivity index (χ3v) is 7.14. The summed E-state index contributed by atoms with van der Waals surface area (Å²) in [5.74, 6) is -2.91. The molecule has 0 radical (unpaired) electrons. The van der Waals surface area contributed by atoms with Crippen LogP contribution in [0.3, 0.4) is 0 Å². The lowest BCUT2D eigenvalue weighted by atomic mass is 9.92. The van der Waals surface area contributed by atoms with Crippen molar-refractivity contribution in [2.24, 2.45) is 5.92 Å². The number of benzene rings is 1. The Hall–Kier alpha value is -3.98. The molecule has 0 N–H and O–H groups in total. The minimum absolute atomic E-state index is 0.0476. The van der Waals surface area contributed by atoms with Crippen molar-refractivity contribution < 1.29 is 26.8 Å². The Morgan fingerprint density at radius 1 is 1.31 bits per heavy atom. The van der Waals surface area contributed by atoms with E-state index in [2.05, 4.69) is 11.2 Å². The molecule has 3 heterocycles. The van der Waals surface area contributed by atoms with E-state index in [4.69, 9.17) is 4.42 Å². The number of sulfonamides is 1. The van der Waals surface area contributed by atoms with Crippen molar-refractivity contribution in [1.82, 2.24) is 14.1 Å². The summed E-state index contributed by atoms with van der Waals surface area (Å²) in [5.41, 5.74) is 1.10. The van der Waals surface area contributed by atoms with Crippen LogP contribution >= 0.6 is 0 Å². The number of rotatable bonds is 6. The van der Waals surface area contributed by atoms with E-state index in [1.807, 2.05) is 0 Å². The van der Waals surface area contributed by atoms with E-state index in [0.29, 0.717) is 0 Å². The maximum absolute atomic E-state index is 13.4. The van der Waals surface area contributed by atoms with Gasteiger partial charge in [0.25, 0.3) is 5.91 Å². The predicted molar refractivity (Wildman–Crippen MR) is 122 cm³/mol. The van der Waals surface area contributed by atoms with Crippen LogP contribution in [0.2, 0.25) is 0 Å². The first-order valence-corrected chi connectivity index (χ1v) is 12.4. The maximum atomic E-state index is 13.4. The average molecular weight is 500 g/mol. The van der Waals surface area contributed by atoms with Crippen LogP contribution in [-0.4, -0.2) is 54.2 Å². The van der Waals surface area contributed by atoms with Gasteiger partial charge in [-0.15, -0.1) is 0 Å². The van der Waals surface area contributed by atoms with Crippen LogP contribution in [0.4, 0.5) is 10.2 Å². The number of halogens is 1. The first-order valence-electron chi connectivity index (χ1n) is 10.6. The first kappa shape index (κ1) is 24.2. The number of carbonyl (C=O) groups is 2. The van der Waals surface area contributed by atoms with Gasteiger partial charge >= 0.3 is 0 Å². The van der Waals surface area contributed by atoms with E-state index in [1.54, 1.807) is 31.0 Å². The molecule has 2 atom stereocenters. The number of hydrogen-bond acceptors (Lipinski definition) is 8. The standard InChI is InChI=1S/C23H22FN5O5S/c1-14-19(12-28(22(14)30)35(3,32)33)20-18(10-25)21(27(2)11-15-4-6-17(24)7-5-15)29(26-20)23(31)16-8-9-34-13-16/h4-9,13-14,19H,11-12H2,1-3H3. The number of amides is 1. The molecule has 0 bridgehead atoms. The van der Waals surface area contributed by atoms with Crippen molar-refractivity contribution in [2.45, 2.75) is 19.4 Å². The quantitative estimate of drug-likeness (QED) is 0.505. The van der Waals surface area contributed by atoms with Gasteiger partial charge in [0, 0.05) is 32.0 Å². The van der Waals surface area contributed by atoms with Crippen LogP contribution in [0.5, 0.6) is 0 Å². The molecule has 1 amide bonds. The lowest BCUT2D eigenvalue weighted by Crippen LogP contribution is -2.32. The molecule has 1 fully saturated rings. The summed E-state index contributed by atoms with van der Waals surface area (Å²) in [5, 5.41) is 14.5. The van der Waals surface area contributed by atoms with Crippen LogP contribution in [-0.2, 0) is 21.4 Å². The summed E-state index contributed by atoms with van der Waals surface area (Å²) in [6.07, 6.45) is 3.51. The van der Waals surface area contributed by atoms with Crippen molar-refractivity contribution in [3.63, 3.8) is 0 Å². The molecule has 35 heavy (non-hydrogen) atoms. The lowest BCUT2D eigenvalue weighted by molar-refractivity contribution is -0.126. The molecular weight excluding hydrogens is 477 g/mol. The highest BCUT2D eigenvalue weighted by molar-refractivity contribution is 7.88. The highest BCUT2D eigenvalue weighted by Crippen LogP contribution is 2.38. The Kier molecular flexibility index (Phi) is 6.21. The molecule has 12 heteroatoms. The molecule has 0 spiro atoms. The van der Waals surface area contributed by atoms with E-state index in [-0.39, 0.29) is 35.7 Å². The summed E-state index contributed by atoms with van der Waals surface area (Å²) in [7, 11) is -2.17. The molecule has 10 nitrogen and oxygen atoms in total. The Bertz CT molecular complexity index is 1420. The molecular formula is C23H22FN5O5S. The van der Waals surface area contributed by atoms with Crippen LogP contribution in [0.1, 0.15) is 40.0 Å². The van der Waals surface area contributed by atoms with Gasteiger partial charge in [0.1, 0.15) is 23.7 Å². The van der Waals surface area contributed by atoms with Gasteiger partial charge in [-0.2, -0.15) is 15.0 Å². The van der Waals surface area contributed by atoms with Crippen LogP contribution < -0.4 is 4.90 Å². The summed E-state index contributed by atoms with van der Waals surface area (Å²) in [6.45, 7) is 1.59. The zero-order chi connectivity index (χ0) is 25.5. The van der Waals surface area contributed by atoms with Gasteiger partial charge in [0.15, 0.2) is 5.82 Å². The number of furan rings is 1. The van der Waals surface area contributed by atoms with Crippen molar-refractivity contribution >= 4 is 27.7 Å². The monoisotopic (exact) mass is 499 g/mol. The van der Waals surface area contributed by atoms with Crippen LogP contribution in [0.15, 0.2) is 47.3 Å². The van der Waals surface area contributed by atoms with Crippen molar-refractivity contribution in [2.75, 3.05) is 24.7 Å². The van der Waals surface area contributed by atoms with Crippen LogP contribution in [0, 0.1) is 23.1 Å². The van der Waals surface area contributed by atoms with Gasteiger partial charge in [0.2, 0.25) is 15.9 Å². The molecule has 182 valence electrons. The molecule has 1 aliphatic rings.